The molecule has 1 aromatic rings. The van der Waals surface area contributed by atoms with E-state index >= 15 is 0 Å². The lowest BCUT2D eigenvalue weighted by molar-refractivity contribution is -0.147. The summed E-state index contributed by atoms with van der Waals surface area (Å²) in [7, 11) is -1.03. The minimum absolute atomic E-state index is 0.296. The molecule has 134 valence electrons. The van der Waals surface area contributed by atoms with E-state index in [1.807, 2.05) is 0 Å². The highest BCUT2D eigenvalue weighted by molar-refractivity contribution is 6.57. The van der Waals surface area contributed by atoms with Crippen LogP contribution in [-0.4, -0.2) is 51.2 Å². The number of hydrogen-bond acceptors (Lipinski definition) is 7. The quantitative estimate of drug-likeness (QED) is 0.633. The third-order valence-corrected chi connectivity index (χ3v) is 3.32. The summed E-state index contributed by atoms with van der Waals surface area (Å²) in [6.45, 7) is -0.959. The summed E-state index contributed by atoms with van der Waals surface area (Å²) in [4.78, 5) is 35.3. The van der Waals surface area contributed by atoms with Gasteiger partial charge in [0.2, 0.25) is 0 Å². The van der Waals surface area contributed by atoms with E-state index in [-0.39, 0.29) is 5.56 Å². The predicted octanol–water partition coefficient (Wildman–Crippen LogP) is 0.988. The van der Waals surface area contributed by atoms with Crippen LogP contribution in [0.5, 0.6) is 5.75 Å². The van der Waals surface area contributed by atoms with Crippen LogP contribution in [0.25, 0.3) is 0 Å². The second-order valence-corrected chi connectivity index (χ2v) is 5.06. The summed E-state index contributed by atoms with van der Waals surface area (Å²) >= 11 is 0. The van der Waals surface area contributed by atoms with Gasteiger partial charge in [-0.15, -0.1) is 0 Å². The third kappa shape index (κ3) is 4.72. The molecule has 1 aliphatic heterocycles. The Kier molecular flexibility index (Phi) is 5.68. The van der Waals surface area contributed by atoms with Gasteiger partial charge in [0.05, 0.1) is 20.2 Å². The smallest absolute Gasteiger partial charge is 0.498 e. The number of alkyl halides is 3. The van der Waals surface area contributed by atoms with Crippen molar-refractivity contribution >= 4 is 24.8 Å². The van der Waals surface area contributed by atoms with Crippen molar-refractivity contribution < 1.29 is 41.6 Å². The van der Waals surface area contributed by atoms with Gasteiger partial charge in [-0.05, 0) is 24.3 Å². The van der Waals surface area contributed by atoms with E-state index < -0.39 is 49.9 Å². The Labute approximate surface area is 140 Å². The fourth-order valence-corrected chi connectivity index (χ4v) is 2.13. The standard InChI is InChI=1S/C14H13BF3NO6/c1-23-9-4-2-8(3-5-9)12(22)13(14(16,17)18)15-24-10(20)6-19-7-11(21)25-15/h2-5,13,19H,6-7H2,1H3. The van der Waals surface area contributed by atoms with Crippen LogP contribution in [0.2, 0.25) is 5.82 Å². The predicted molar refractivity (Wildman–Crippen MR) is 77.9 cm³/mol. The zero-order valence-corrected chi connectivity index (χ0v) is 13.0. The van der Waals surface area contributed by atoms with Crippen LogP contribution in [0, 0.1) is 0 Å². The van der Waals surface area contributed by atoms with Gasteiger partial charge in [-0.2, -0.15) is 13.2 Å². The number of ether oxygens (including phenoxy) is 1. The topological polar surface area (TPSA) is 90.9 Å². The fraction of sp³-hybridized carbons (Fsp3) is 0.357. The first kappa shape index (κ1) is 18.8. The van der Waals surface area contributed by atoms with Crippen molar-refractivity contribution in [1.82, 2.24) is 5.32 Å². The Morgan fingerprint density at radius 2 is 1.68 bits per heavy atom. The maximum Gasteiger partial charge on any atom is 0.619 e. The number of carbonyl (C=O) groups excluding carboxylic acids is 3. The molecule has 11 heteroatoms. The Morgan fingerprint density at radius 3 is 2.12 bits per heavy atom. The van der Waals surface area contributed by atoms with E-state index in [9.17, 15) is 27.6 Å². The van der Waals surface area contributed by atoms with Crippen LogP contribution in [-0.2, 0) is 18.9 Å². The van der Waals surface area contributed by atoms with Gasteiger partial charge >= 0.3 is 25.2 Å². The van der Waals surface area contributed by atoms with Crippen molar-refractivity contribution in [1.29, 1.82) is 0 Å². The van der Waals surface area contributed by atoms with Gasteiger partial charge < -0.3 is 14.0 Å². The van der Waals surface area contributed by atoms with Gasteiger partial charge in [-0.3, -0.25) is 19.7 Å². The molecule has 0 saturated carbocycles. The highest BCUT2D eigenvalue weighted by atomic mass is 19.4. The largest absolute Gasteiger partial charge is 0.619 e. The van der Waals surface area contributed by atoms with E-state index in [0.717, 1.165) is 12.1 Å². The number of ketones is 1. The Balaban J connectivity index is 2.34. The molecule has 0 bridgehead atoms. The number of methoxy groups -OCH3 is 1. The van der Waals surface area contributed by atoms with Crippen LogP contribution in [0.4, 0.5) is 13.2 Å². The van der Waals surface area contributed by atoms with Crippen molar-refractivity contribution in [2.75, 3.05) is 20.2 Å². The molecule has 1 fully saturated rings. The Bertz CT molecular complexity index is 646. The van der Waals surface area contributed by atoms with Crippen LogP contribution in [0.3, 0.4) is 0 Å². The molecule has 25 heavy (non-hydrogen) atoms. The lowest BCUT2D eigenvalue weighted by Gasteiger charge is -2.25. The first-order valence-electron chi connectivity index (χ1n) is 7.07. The molecule has 0 radical (unpaired) electrons. The van der Waals surface area contributed by atoms with E-state index in [1.165, 1.54) is 19.2 Å². The van der Waals surface area contributed by atoms with Gasteiger partial charge in [0.25, 0.3) is 0 Å². The average molecular weight is 359 g/mol. The summed E-state index contributed by atoms with van der Waals surface area (Å²) in [6, 6.07) is 4.88. The number of benzene rings is 1. The summed E-state index contributed by atoms with van der Waals surface area (Å²) in [5.41, 5.74) is -0.296. The van der Waals surface area contributed by atoms with E-state index in [0.29, 0.717) is 5.75 Å². The maximum absolute atomic E-state index is 13.4. The van der Waals surface area contributed by atoms with E-state index in [1.54, 1.807) is 0 Å². The molecule has 0 aromatic heterocycles. The minimum atomic E-state index is -5.10. The van der Waals surface area contributed by atoms with Crippen molar-refractivity contribution in [2.45, 2.75) is 12.0 Å². The van der Waals surface area contributed by atoms with E-state index in [2.05, 4.69) is 14.6 Å². The van der Waals surface area contributed by atoms with E-state index in [4.69, 9.17) is 4.74 Å². The van der Waals surface area contributed by atoms with Crippen molar-refractivity contribution in [3.05, 3.63) is 29.8 Å². The monoisotopic (exact) mass is 359 g/mol. The molecular weight excluding hydrogens is 346 g/mol. The molecule has 1 unspecified atom stereocenters. The molecule has 1 aromatic carbocycles. The molecule has 2 rings (SSSR count). The molecule has 7 nitrogen and oxygen atoms in total. The average Bonchev–Trinajstić information content (AvgIpc) is 2.52. The first-order chi connectivity index (χ1) is 11.7. The number of halogens is 3. The molecule has 0 spiro atoms. The zero-order valence-electron chi connectivity index (χ0n) is 13.0. The third-order valence-electron chi connectivity index (χ3n) is 3.32. The molecule has 1 saturated heterocycles. The maximum atomic E-state index is 13.4. The Hall–Kier alpha value is -2.56. The molecule has 1 aliphatic rings. The molecule has 1 heterocycles. The van der Waals surface area contributed by atoms with Gasteiger partial charge in [-0.1, -0.05) is 0 Å². The summed E-state index contributed by atoms with van der Waals surface area (Å²) in [5, 5.41) is 2.33. The molecule has 0 amide bonds. The van der Waals surface area contributed by atoms with Crippen LogP contribution < -0.4 is 10.1 Å². The number of carbonyl (C=O) groups is 3. The normalized spacial score (nSPS) is 17.0. The highest BCUT2D eigenvalue weighted by Crippen LogP contribution is 2.37. The zero-order chi connectivity index (χ0) is 18.6. The molecule has 0 aliphatic carbocycles. The lowest BCUT2D eigenvalue weighted by Crippen LogP contribution is -2.49. The number of rotatable bonds is 4. The number of hydrogen-bond donors (Lipinski definition) is 1. The lowest BCUT2D eigenvalue weighted by atomic mass is 9.67. The summed E-state index contributed by atoms with van der Waals surface area (Å²) in [6.07, 6.45) is -5.10. The fourth-order valence-electron chi connectivity index (χ4n) is 2.13. The molecule has 1 atom stereocenters. The second kappa shape index (κ2) is 7.56. The SMILES string of the molecule is COc1ccc(C(=O)C(B2OC(=O)CNCC(=O)O2)C(F)(F)F)cc1. The van der Waals surface area contributed by atoms with Crippen LogP contribution in [0.15, 0.2) is 24.3 Å². The van der Waals surface area contributed by atoms with Crippen LogP contribution in [0.1, 0.15) is 10.4 Å². The second-order valence-electron chi connectivity index (χ2n) is 5.06. The number of Topliss-reactive ketones (excluding diaryl/α,β-unsaturated/α-hetero) is 1. The van der Waals surface area contributed by atoms with Gasteiger partial charge in [0, 0.05) is 5.56 Å². The van der Waals surface area contributed by atoms with Gasteiger partial charge in [0.15, 0.2) is 11.6 Å². The van der Waals surface area contributed by atoms with Gasteiger partial charge in [0.1, 0.15) is 5.75 Å². The van der Waals surface area contributed by atoms with Gasteiger partial charge in [-0.25, -0.2) is 0 Å². The Morgan fingerprint density at radius 1 is 1.16 bits per heavy atom. The minimum Gasteiger partial charge on any atom is -0.498 e. The van der Waals surface area contributed by atoms with Crippen molar-refractivity contribution in [3.63, 3.8) is 0 Å². The summed E-state index contributed by atoms with van der Waals surface area (Å²) < 4.78 is 54.2. The highest BCUT2D eigenvalue weighted by Gasteiger charge is 2.58. The number of nitrogens with one attached hydrogen (secondary N) is 1. The molecule has 1 N–H and O–H groups in total. The molecular formula is C14H13BF3NO6. The van der Waals surface area contributed by atoms with Crippen LogP contribution >= 0.6 is 0 Å². The van der Waals surface area contributed by atoms with Crippen molar-refractivity contribution in [3.8, 4) is 5.75 Å². The summed E-state index contributed by atoms with van der Waals surface area (Å²) in [5.74, 6) is -6.04. The first-order valence-corrected chi connectivity index (χ1v) is 7.07. The van der Waals surface area contributed by atoms with Crippen molar-refractivity contribution in [2.24, 2.45) is 0 Å².